The molecular formula is C69H92N14O12S. The average molecular weight is 1340 g/mol. The number of nitrogens with two attached hydrogens (primary N) is 2. The van der Waals surface area contributed by atoms with Gasteiger partial charge >= 0.3 is 5.97 Å². The molecule has 14 N–H and O–H groups in total. The SMILES string of the molecule is CSCC[C@H](NC(=O)CNC(=O)[C@@H](NC(=O)[C@@H]1CCCN1C(=O)[C@H](CCCN=C(N)N)NC(=O)[C@H](Cc1ccccc1)NC(=O)[C@H](Cc1ccccc1)NC(=O)[C@H](Cc1ccccc1)NC(=O)[C@@H]1CCCN1C(=O)[C@@H]1CCCN1)C(C)C)C(=O)N[C@@H](Cc1ccccc1)C(=O)O. The quantitative estimate of drug-likeness (QED) is 0.0172. The molecule has 26 nitrogen and oxygen atoms in total. The van der Waals surface area contributed by atoms with Gasteiger partial charge < -0.3 is 74.2 Å². The molecular weight excluding hydrogens is 1250 g/mol. The fourth-order valence-corrected chi connectivity index (χ4v) is 12.5. The summed E-state index contributed by atoms with van der Waals surface area (Å²) in [5, 5.41) is 35.2. The van der Waals surface area contributed by atoms with Gasteiger partial charge in [0.2, 0.25) is 59.1 Å². The van der Waals surface area contributed by atoms with Gasteiger partial charge in [0.15, 0.2) is 5.96 Å². The highest BCUT2D eigenvalue weighted by atomic mass is 32.2. The van der Waals surface area contributed by atoms with Gasteiger partial charge in [0.25, 0.3) is 0 Å². The number of carboxylic acids is 1. The molecule has 3 saturated heterocycles. The van der Waals surface area contributed by atoms with Crippen molar-refractivity contribution < 1.29 is 57.8 Å². The van der Waals surface area contributed by atoms with E-state index < -0.39 is 132 Å². The zero-order valence-electron chi connectivity index (χ0n) is 54.7. The molecule has 10 atom stereocenters. The highest BCUT2D eigenvalue weighted by Gasteiger charge is 2.42. The number of guanidine groups is 1. The number of thioether (sulfide) groups is 1. The maximum Gasteiger partial charge on any atom is 0.326 e. The average Bonchev–Trinajstić information content (AvgIpc) is 2.11. The van der Waals surface area contributed by atoms with Crippen LogP contribution in [0.1, 0.15) is 93.9 Å². The van der Waals surface area contributed by atoms with E-state index in [4.69, 9.17) is 11.5 Å². The number of benzene rings is 4. The Hall–Kier alpha value is -9.37. The molecule has 27 heteroatoms. The molecule has 0 saturated carbocycles. The normalized spacial score (nSPS) is 18.0. The number of carbonyl (C=O) groups is 11. The smallest absolute Gasteiger partial charge is 0.326 e. The summed E-state index contributed by atoms with van der Waals surface area (Å²) >= 11 is 1.41. The van der Waals surface area contributed by atoms with E-state index in [2.05, 4.69) is 52.8 Å². The molecule has 4 aromatic carbocycles. The highest BCUT2D eigenvalue weighted by molar-refractivity contribution is 7.98. The number of carboxylic acid groups (broad SMARTS) is 1. The predicted octanol–water partition coefficient (Wildman–Crippen LogP) is 0.748. The van der Waals surface area contributed by atoms with Crippen LogP contribution in [-0.2, 0) is 78.4 Å². The fraction of sp³-hybridized carbons (Fsp3) is 0.478. The van der Waals surface area contributed by atoms with Crippen LogP contribution in [0.5, 0.6) is 0 Å². The van der Waals surface area contributed by atoms with Gasteiger partial charge in [-0.15, -0.1) is 0 Å². The van der Waals surface area contributed by atoms with Gasteiger partial charge in [-0.1, -0.05) is 135 Å². The Kier molecular flexibility index (Phi) is 29.0. The lowest BCUT2D eigenvalue weighted by Gasteiger charge is -2.31. The topological polar surface area (TPSA) is 387 Å². The lowest BCUT2D eigenvalue weighted by Crippen LogP contribution is -2.61. The molecule has 516 valence electrons. The van der Waals surface area contributed by atoms with E-state index in [9.17, 15) is 43.5 Å². The van der Waals surface area contributed by atoms with Gasteiger partial charge in [0, 0.05) is 45.3 Å². The second-order valence-corrected chi connectivity index (χ2v) is 25.7. The Balaban J connectivity index is 1.06. The highest BCUT2D eigenvalue weighted by Crippen LogP contribution is 2.24. The molecule has 0 aromatic heterocycles. The van der Waals surface area contributed by atoms with Gasteiger partial charge in [-0.05, 0) is 105 Å². The van der Waals surface area contributed by atoms with Crippen LogP contribution in [0.15, 0.2) is 126 Å². The van der Waals surface area contributed by atoms with Crippen molar-refractivity contribution in [2.24, 2.45) is 22.4 Å². The van der Waals surface area contributed by atoms with Crippen LogP contribution in [0, 0.1) is 5.92 Å². The first-order valence-electron chi connectivity index (χ1n) is 32.9. The van der Waals surface area contributed by atoms with E-state index in [0.717, 1.165) is 6.42 Å². The fourth-order valence-electron chi connectivity index (χ4n) is 12.1. The third-order valence-electron chi connectivity index (χ3n) is 17.2. The van der Waals surface area contributed by atoms with Crippen LogP contribution in [0.25, 0.3) is 0 Å². The lowest BCUT2D eigenvalue weighted by molar-refractivity contribution is -0.143. The van der Waals surface area contributed by atoms with Crippen molar-refractivity contribution in [3.8, 4) is 0 Å². The second kappa shape index (κ2) is 37.7. The summed E-state index contributed by atoms with van der Waals surface area (Å²) in [6, 6.07) is 24.3. The van der Waals surface area contributed by atoms with Crippen molar-refractivity contribution >= 4 is 82.8 Å². The summed E-state index contributed by atoms with van der Waals surface area (Å²) in [7, 11) is 0. The zero-order chi connectivity index (χ0) is 69.1. The number of aliphatic carboxylic acids is 1. The zero-order valence-corrected chi connectivity index (χ0v) is 55.5. The van der Waals surface area contributed by atoms with Gasteiger partial charge in [0.05, 0.1) is 12.6 Å². The molecule has 3 fully saturated rings. The van der Waals surface area contributed by atoms with Crippen molar-refractivity contribution in [1.82, 2.24) is 57.7 Å². The molecule has 96 heavy (non-hydrogen) atoms. The molecule has 7 rings (SSSR count). The minimum atomic E-state index is -1.37. The largest absolute Gasteiger partial charge is 0.480 e. The van der Waals surface area contributed by atoms with Gasteiger partial charge in [0.1, 0.15) is 54.4 Å². The van der Waals surface area contributed by atoms with Crippen LogP contribution in [0.4, 0.5) is 0 Å². The number of nitrogens with one attached hydrogen (secondary N) is 9. The lowest BCUT2D eigenvalue weighted by atomic mass is 10.00. The number of aliphatic imine (C=N–C) groups is 1. The number of nitrogens with zero attached hydrogens (tertiary/aromatic N) is 3. The molecule has 4 aromatic rings. The van der Waals surface area contributed by atoms with E-state index in [1.807, 2.05) is 24.5 Å². The number of amides is 10. The molecule has 0 bridgehead atoms. The number of likely N-dealkylation sites (tertiary alicyclic amines) is 2. The minimum absolute atomic E-state index is 0.00119. The molecule has 3 heterocycles. The van der Waals surface area contributed by atoms with E-state index in [0.29, 0.717) is 66.8 Å². The van der Waals surface area contributed by atoms with Crippen LogP contribution in [-0.4, -0.2) is 191 Å². The Labute approximate surface area is 564 Å². The van der Waals surface area contributed by atoms with E-state index in [1.165, 1.54) is 16.7 Å². The van der Waals surface area contributed by atoms with Crippen molar-refractivity contribution in [3.63, 3.8) is 0 Å². The van der Waals surface area contributed by atoms with Gasteiger partial charge in [-0.2, -0.15) is 11.8 Å². The first-order valence-corrected chi connectivity index (χ1v) is 34.2. The van der Waals surface area contributed by atoms with E-state index in [-0.39, 0.29) is 76.3 Å². The number of carbonyl (C=O) groups excluding carboxylic acids is 10. The Morgan fingerprint density at radius 1 is 0.542 bits per heavy atom. The van der Waals surface area contributed by atoms with Crippen LogP contribution in [0.2, 0.25) is 0 Å². The molecule has 3 aliphatic rings. The second-order valence-electron chi connectivity index (χ2n) is 24.7. The van der Waals surface area contributed by atoms with Gasteiger partial charge in [-0.25, -0.2) is 4.79 Å². The first kappa shape index (κ1) is 74.0. The predicted molar refractivity (Wildman–Crippen MR) is 363 cm³/mol. The summed E-state index contributed by atoms with van der Waals surface area (Å²) in [4.78, 5) is 162. The summed E-state index contributed by atoms with van der Waals surface area (Å²) < 4.78 is 0. The molecule has 0 unspecified atom stereocenters. The Bertz CT molecular complexity index is 3310. The molecule has 3 aliphatic heterocycles. The third kappa shape index (κ3) is 22.7. The van der Waals surface area contributed by atoms with Crippen LogP contribution < -0.4 is 59.3 Å². The Morgan fingerprint density at radius 3 is 1.46 bits per heavy atom. The maximum absolute atomic E-state index is 15.0. The van der Waals surface area contributed by atoms with Crippen LogP contribution >= 0.6 is 11.8 Å². The summed E-state index contributed by atoms with van der Waals surface area (Å²) in [6.45, 7) is 3.99. The monoisotopic (exact) mass is 1340 g/mol. The van der Waals surface area contributed by atoms with Crippen molar-refractivity contribution in [2.45, 2.75) is 158 Å². The first-order chi connectivity index (χ1) is 46.2. The van der Waals surface area contributed by atoms with Crippen LogP contribution in [0.3, 0.4) is 0 Å². The maximum atomic E-state index is 15.0. The Morgan fingerprint density at radius 2 is 0.990 bits per heavy atom. The van der Waals surface area contributed by atoms with Gasteiger partial charge in [-0.3, -0.25) is 52.9 Å². The summed E-state index contributed by atoms with van der Waals surface area (Å²) in [5.41, 5.74) is 14.0. The van der Waals surface area contributed by atoms with Crippen molar-refractivity contribution in [1.29, 1.82) is 0 Å². The molecule has 0 radical (unpaired) electrons. The summed E-state index contributed by atoms with van der Waals surface area (Å²) in [6.07, 6.45) is 5.07. The van der Waals surface area contributed by atoms with E-state index in [1.54, 1.807) is 122 Å². The summed E-state index contributed by atoms with van der Waals surface area (Å²) in [5.74, 6) is -7.99. The minimum Gasteiger partial charge on any atom is -0.480 e. The van der Waals surface area contributed by atoms with E-state index >= 15 is 14.4 Å². The van der Waals surface area contributed by atoms with Crippen molar-refractivity contribution in [2.75, 3.05) is 44.7 Å². The molecule has 0 aliphatic carbocycles. The number of rotatable bonds is 35. The standard InChI is InChI=1S/C69H92N14O12S/c1-43(2)58(65(91)74-42-57(84)75-48(32-37-96-3)59(85)80-54(68(94)95)41-47-26-14-7-15-27-47)81-64(90)56-31-19-36-83(56)67(93)50(29-17-34-73-69(70)71)76-60(86)51(38-44-20-8-4-9-21-44)77-61(87)52(39-45-22-10-5-11-23-45)78-62(88)53(40-46-24-12-6-13-25-46)79-63(89)55-30-18-35-82(55)66(92)49-28-16-33-72-49/h4-15,20-27,43,48-56,58,72H,16-19,28-42H2,1-3H3,(H,74,91)(H,75,84)(H,76,86)(H,77,87)(H,78,88)(H,79,89)(H,80,85)(H,81,90)(H,94,95)(H4,70,71,73)/t48-,49-,50-,51-,52-,53-,54-,55-,56-,58-/m0/s1. The number of hydrogen-bond donors (Lipinski definition) is 12. The van der Waals surface area contributed by atoms with Crippen molar-refractivity contribution in [3.05, 3.63) is 144 Å². The number of hydrogen-bond acceptors (Lipinski definition) is 14. The molecule has 0 spiro atoms. The molecule has 10 amide bonds. The third-order valence-corrected chi connectivity index (χ3v) is 17.8.